The zero-order chi connectivity index (χ0) is 9.68. The third kappa shape index (κ3) is 3.88. The van der Waals surface area contributed by atoms with Crippen LogP contribution in [0.25, 0.3) is 0 Å². The standard InChI is InChI=1S/C10H21NOS/c1-3-10(11)8(2)13-9-4-6-12-7-5-9/h8-10H,3-7,11H2,1-2H3. The summed E-state index contributed by atoms with van der Waals surface area (Å²) in [5.41, 5.74) is 5.98. The highest BCUT2D eigenvalue weighted by Gasteiger charge is 2.19. The molecule has 0 radical (unpaired) electrons. The van der Waals surface area contributed by atoms with Gasteiger partial charge in [-0.15, -0.1) is 0 Å². The molecule has 0 aromatic carbocycles. The molecule has 1 aliphatic rings. The maximum absolute atomic E-state index is 5.98. The van der Waals surface area contributed by atoms with Gasteiger partial charge >= 0.3 is 0 Å². The molecule has 1 saturated heterocycles. The third-order valence-electron chi connectivity index (χ3n) is 2.65. The van der Waals surface area contributed by atoms with Crippen LogP contribution in [0.3, 0.4) is 0 Å². The van der Waals surface area contributed by atoms with E-state index in [4.69, 9.17) is 10.5 Å². The summed E-state index contributed by atoms with van der Waals surface area (Å²) in [4.78, 5) is 0. The summed E-state index contributed by atoms with van der Waals surface area (Å²) in [6.07, 6.45) is 3.48. The Balaban J connectivity index is 2.21. The molecule has 0 spiro atoms. The Morgan fingerprint density at radius 2 is 2.08 bits per heavy atom. The van der Waals surface area contributed by atoms with E-state index in [-0.39, 0.29) is 0 Å². The molecule has 0 aromatic rings. The number of hydrogen-bond donors (Lipinski definition) is 1. The molecule has 78 valence electrons. The monoisotopic (exact) mass is 203 g/mol. The van der Waals surface area contributed by atoms with E-state index in [0.717, 1.165) is 24.9 Å². The summed E-state index contributed by atoms with van der Waals surface area (Å²) < 4.78 is 5.32. The average Bonchev–Trinajstić information content (AvgIpc) is 2.18. The van der Waals surface area contributed by atoms with E-state index in [9.17, 15) is 0 Å². The molecule has 0 amide bonds. The molecule has 2 unspecified atom stereocenters. The predicted molar refractivity (Wildman–Crippen MR) is 59.2 cm³/mol. The van der Waals surface area contributed by atoms with Crippen LogP contribution in [-0.2, 0) is 4.74 Å². The molecule has 1 heterocycles. The van der Waals surface area contributed by atoms with Crippen LogP contribution in [0.5, 0.6) is 0 Å². The van der Waals surface area contributed by atoms with Crippen LogP contribution in [0, 0.1) is 0 Å². The summed E-state index contributed by atoms with van der Waals surface area (Å²) in [6, 6.07) is 0.354. The molecule has 2 N–H and O–H groups in total. The Morgan fingerprint density at radius 3 is 2.62 bits per heavy atom. The van der Waals surface area contributed by atoms with Crippen molar-refractivity contribution >= 4 is 11.8 Å². The average molecular weight is 203 g/mol. The van der Waals surface area contributed by atoms with Gasteiger partial charge in [0.2, 0.25) is 0 Å². The molecule has 0 aromatic heterocycles. The number of rotatable bonds is 4. The second-order valence-corrected chi connectivity index (χ2v) is 5.41. The Hall–Kier alpha value is 0.270. The smallest absolute Gasteiger partial charge is 0.0476 e. The minimum atomic E-state index is 0.354. The van der Waals surface area contributed by atoms with Crippen molar-refractivity contribution < 1.29 is 4.74 Å². The van der Waals surface area contributed by atoms with Gasteiger partial charge in [-0.3, -0.25) is 0 Å². The van der Waals surface area contributed by atoms with Crippen molar-refractivity contribution in [2.45, 2.75) is 49.7 Å². The van der Waals surface area contributed by atoms with Crippen molar-refractivity contribution in [2.75, 3.05) is 13.2 Å². The minimum Gasteiger partial charge on any atom is -0.381 e. The molecule has 1 aliphatic heterocycles. The largest absolute Gasteiger partial charge is 0.381 e. The van der Waals surface area contributed by atoms with E-state index in [1.807, 2.05) is 11.8 Å². The number of hydrogen-bond acceptors (Lipinski definition) is 3. The quantitative estimate of drug-likeness (QED) is 0.759. The van der Waals surface area contributed by atoms with E-state index in [2.05, 4.69) is 13.8 Å². The highest BCUT2D eigenvalue weighted by atomic mass is 32.2. The van der Waals surface area contributed by atoms with Crippen LogP contribution in [0.2, 0.25) is 0 Å². The highest BCUT2D eigenvalue weighted by molar-refractivity contribution is 8.00. The van der Waals surface area contributed by atoms with E-state index < -0.39 is 0 Å². The lowest BCUT2D eigenvalue weighted by atomic mass is 10.2. The van der Waals surface area contributed by atoms with Crippen molar-refractivity contribution in [3.63, 3.8) is 0 Å². The van der Waals surface area contributed by atoms with Crippen LogP contribution < -0.4 is 5.73 Å². The first-order chi connectivity index (χ1) is 6.24. The molecule has 0 aliphatic carbocycles. The van der Waals surface area contributed by atoms with E-state index in [1.54, 1.807) is 0 Å². The van der Waals surface area contributed by atoms with Gasteiger partial charge in [0.15, 0.2) is 0 Å². The fourth-order valence-electron chi connectivity index (χ4n) is 1.55. The molecular formula is C10H21NOS. The molecule has 1 rings (SSSR count). The zero-order valence-corrected chi connectivity index (χ0v) is 9.48. The summed E-state index contributed by atoms with van der Waals surface area (Å²) in [7, 11) is 0. The molecule has 1 fully saturated rings. The number of nitrogens with two attached hydrogens (primary N) is 1. The van der Waals surface area contributed by atoms with Gasteiger partial charge in [0.25, 0.3) is 0 Å². The van der Waals surface area contributed by atoms with Gasteiger partial charge in [0, 0.05) is 29.8 Å². The predicted octanol–water partition coefficient (Wildman–Crippen LogP) is 2.02. The molecule has 3 heteroatoms. The fourth-order valence-corrected chi connectivity index (χ4v) is 3.01. The molecular weight excluding hydrogens is 182 g/mol. The summed E-state index contributed by atoms with van der Waals surface area (Å²) >= 11 is 2.05. The van der Waals surface area contributed by atoms with Crippen LogP contribution >= 0.6 is 11.8 Å². The van der Waals surface area contributed by atoms with Crippen LogP contribution in [0.4, 0.5) is 0 Å². The maximum atomic E-state index is 5.98. The zero-order valence-electron chi connectivity index (χ0n) is 8.66. The van der Waals surface area contributed by atoms with Crippen LogP contribution in [-0.4, -0.2) is 29.8 Å². The van der Waals surface area contributed by atoms with Gasteiger partial charge in [-0.25, -0.2) is 0 Å². The van der Waals surface area contributed by atoms with Crippen LogP contribution in [0.1, 0.15) is 33.1 Å². The first-order valence-corrected chi connectivity index (χ1v) is 6.17. The molecule has 0 saturated carbocycles. The summed E-state index contributed by atoms with van der Waals surface area (Å²) in [5, 5.41) is 1.37. The van der Waals surface area contributed by atoms with Gasteiger partial charge in [-0.2, -0.15) is 11.8 Å². The maximum Gasteiger partial charge on any atom is 0.0476 e. The van der Waals surface area contributed by atoms with Crippen molar-refractivity contribution in [2.24, 2.45) is 5.73 Å². The van der Waals surface area contributed by atoms with Gasteiger partial charge in [-0.1, -0.05) is 13.8 Å². The molecule has 13 heavy (non-hydrogen) atoms. The van der Waals surface area contributed by atoms with Crippen molar-refractivity contribution in [3.05, 3.63) is 0 Å². The van der Waals surface area contributed by atoms with E-state index in [1.165, 1.54) is 12.8 Å². The van der Waals surface area contributed by atoms with Gasteiger partial charge < -0.3 is 10.5 Å². The fraction of sp³-hybridized carbons (Fsp3) is 1.00. The first-order valence-electron chi connectivity index (χ1n) is 5.22. The molecule has 2 atom stereocenters. The normalized spacial score (nSPS) is 24.2. The van der Waals surface area contributed by atoms with E-state index in [0.29, 0.717) is 11.3 Å². The van der Waals surface area contributed by atoms with Crippen molar-refractivity contribution in [1.82, 2.24) is 0 Å². The van der Waals surface area contributed by atoms with Gasteiger partial charge in [-0.05, 0) is 19.3 Å². The van der Waals surface area contributed by atoms with Crippen LogP contribution in [0.15, 0.2) is 0 Å². The summed E-state index contributed by atoms with van der Waals surface area (Å²) in [5.74, 6) is 0. The Labute approximate surface area is 85.6 Å². The van der Waals surface area contributed by atoms with Crippen molar-refractivity contribution in [1.29, 1.82) is 0 Å². The topological polar surface area (TPSA) is 35.2 Å². The second-order valence-electron chi connectivity index (χ2n) is 3.73. The minimum absolute atomic E-state index is 0.354. The van der Waals surface area contributed by atoms with Crippen molar-refractivity contribution in [3.8, 4) is 0 Å². The lowest BCUT2D eigenvalue weighted by Crippen LogP contribution is -2.32. The third-order valence-corrected chi connectivity index (χ3v) is 4.28. The highest BCUT2D eigenvalue weighted by Crippen LogP contribution is 2.27. The first kappa shape index (κ1) is 11.3. The molecule has 2 nitrogen and oxygen atoms in total. The van der Waals surface area contributed by atoms with E-state index >= 15 is 0 Å². The Morgan fingerprint density at radius 1 is 1.46 bits per heavy atom. The Bertz CT molecular complexity index is 137. The molecule has 0 bridgehead atoms. The lowest BCUT2D eigenvalue weighted by Gasteiger charge is -2.27. The number of ether oxygens (including phenoxy) is 1. The SMILES string of the molecule is CCC(N)C(C)SC1CCOCC1. The Kier molecular flexibility index (Phi) is 5.14. The summed E-state index contributed by atoms with van der Waals surface area (Å²) in [6.45, 7) is 6.28. The lowest BCUT2D eigenvalue weighted by molar-refractivity contribution is 0.0999. The number of thioether (sulfide) groups is 1. The van der Waals surface area contributed by atoms with Gasteiger partial charge in [0.1, 0.15) is 0 Å². The van der Waals surface area contributed by atoms with Gasteiger partial charge in [0.05, 0.1) is 0 Å². The second kappa shape index (κ2) is 5.89.